The molecule has 0 spiro atoms. The van der Waals surface area contributed by atoms with E-state index in [-0.39, 0.29) is 0 Å². The Balaban J connectivity index is 1.63. The van der Waals surface area contributed by atoms with Crippen molar-refractivity contribution in [3.63, 3.8) is 0 Å². The highest BCUT2D eigenvalue weighted by Crippen LogP contribution is 2.25. The summed E-state index contributed by atoms with van der Waals surface area (Å²) < 4.78 is 1.94. The quantitative estimate of drug-likeness (QED) is 0.763. The minimum Gasteiger partial charge on any atom is -0.324 e. The van der Waals surface area contributed by atoms with Gasteiger partial charge in [0.25, 0.3) is 0 Å². The molecule has 3 aromatic rings. The monoisotopic (exact) mass is 334 g/mol. The van der Waals surface area contributed by atoms with Gasteiger partial charge in [0.2, 0.25) is 5.95 Å². The topological polar surface area (TPSA) is 67.7 Å². The maximum Gasteiger partial charge on any atom is 0.227 e. The van der Waals surface area contributed by atoms with Crippen molar-refractivity contribution < 1.29 is 0 Å². The summed E-state index contributed by atoms with van der Waals surface area (Å²) in [5.41, 5.74) is 6.65. The number of aromatic nitrogens is 4. The third-order valence-electron chi connectivity index (χ3n) is 4.47. The van der Waals surface area contributed by atoms with Gasteiger partial charge in [-0.15, -0.1) is 0 Å². The maximum atomic E-state index is 4.71. The molecule has 0 bridgehead atoms. The van der Waals surface area contributed by atoms with E-state index in [9.17, 15) is 0 Å². The number of hydrogen-bond donors (Lipinski definition) is 2. The summed E-state index contributed by atoms with van der Waals surface area (Å²) in [5.74, 6) is 0.601. The Morgan fingerprint density at radius 2 is 2.00 bits per heavy atom. The number of anilines is 2. The van der Waals surface area contributed by atoms with E-state index in [0.29, 0.717) is 12.0 Å². The molecule has 4 rings (SSSR count). The van der Waals surface area contributed by atoms with E-state index in [2.05, 4.69) is 52.8 Å². The molecule has 6 nitrogen and oxygen atoms in total. The number of hydrogen-bond acceptors (Lipinski definition) is 5. The van der Waals surface area contributed by atoms with E-state index in [4.69, 9.17) is 4.98 Å². The summed E-state index contributed by atoms with van der Waals surface area (Å²) in [6.07, 6.45) is 5.75. The van der Waals surface area contributed by atoms with Crippen LogP contribution in [0.5, 0.6) is 0 Å². The number of nitrogens with one attached hydrogen (secondary N) is 2. The Morgan fingerprint density at radius 3 is 2.80 bits per heavy atom. The molecule has 0 unspecified atom stereocenters. The van der Waals surface area contributed by atoms with Gasteiger partial charge < -0.3 is 10.6 Å². The molecule has 0 fully saturated rings. The first-order chi connectivity index (χ1) is 12.1. The second-order valence-electron chi connectivity index (χ2n) is 6.74. The number of fused-ring (bicyclic) bond motifs is 1. The van der Waals surface area contributed by atoms with Gasteiger partial charge in [0.05, 0.1) is 11.9 Å². The van der Waals surface area contributed by atoms with Crippen LogP contribution in [0, 0.1) is 6.92 Å². The van der Waals surface area contributed by atoms with Crippen LogP contribution >= 0.6 is 0 Å². The van der Waals surface area contributed by atoms with Crippen molar-refractivity contribution >= 4 is 11.6 Å². The standard InChI is InChI=1S/C19H22N6/c1-12(2)25-11-16(10-22-25)18-13(3)7-21-19(24-18)23-17-5-4-14-8-20-9-15(14)6-17/h4-7,10-12,20H,8-9H2,1-3H3,(H,21,23,24). The van der Waals surface area contributed by atoms with Gasteiger partial charge in [0.1, 0.15) is 0 Å². The van der Waals surface area contributed by atoms with Crippen molar-refractivity contribution in [3.8, 4) is 11.3 Å². The molecule has 1 aliphatic rings. The molecule has 25 heavy (non-hydrogen) atoms. The molecule has 0 saturated carbocycles. The lowest BCUT2D eigenvalue weighted by Gasteiger charge is -2.09. The number of nitrogens with zero attached hydrogens (tertiary/aromatic N) is 4. The zero-order valence-electron chi connectivity index (χ0n) is 14.7. The molecule has 3 heterocycles. The average Bonchev–Trinajstić information content (AvgIpc) is 3.25. The van der Waals surface area contributed by atoms with Gasteiger partial charge in [-0.3, -0.25) is 4.68 Å². The predicted octanol–water partition coefficient (Wildman–Crippen LogP) is 3.58. The fourth-order valence-corrected chi connectivity index (χ4v) is 3.04. The van der Waals surface area contributed by atoms with Crippen molar-refractivity contribution in [3.05, 3.63) is 53.5 Å². The van der Waals surface area contributed by atoms with Crippen LogP contribution in [0.15, 0.2) is 36.8 Å². The smallest absolute Gasteiger partial charge is 0.227 e. The molecule has 2 aromatic heterocycles. The summed E-state index contributed by atoms with van der Waals surface area (Å²) in [6, 6.07) is 6.72. The first kappa shape index (κ1) is 15.8. The third kappa shape index (κ3) is 3.13. The van der Waals surface area contributed by atoms with Crippen LogP contribution in [0.25, 0.3) is 11.3 Å². The fourth-order valence-electron chi connectivity index (χ4n) is 3.04. The van der Waals surface area contributed by atoms with Crippen LogP contribution < -0.4 is 10.6 Å². The van der Waals surface area contributed by atoms with Crippen LogP contribution in [-0.2, 0) is 13.1 Å². The molecular weight excluding hydrogens is 312 g/mol. The van der Waals surface area contributed by atoms with E-state index >= 15 is 0 Å². The predicted molar refractivity (Wildman–Crippen MR) is 98.6 cm³/mol. The van der Waals surface area contributed by atoms with Gasteiger partial charge >= 0.3 is 0 Å². The molecule has 0 aliphatic carbocycles. The lowest BCUT2D eigenvalue weighted by Crippen LogP contribution is -2.01. The van der Waals surface area contributed by atoms with Gasteiger partial charge in [-0.25, -0.2) is 9.97 Å². The van der Waals surface area contributed by atoms with Crippen LogP contribution in [0.1, 0.15) is 36.6 Å². The van der Waals surface area contributed by atoms with Crippen LogP contribution in [0.3, 0.4) is 0 Å². The minimum absolute atomic E-state index is 0.327. The van der Waals surface area contributed by atoms with Gasteiger partial charge in [0, 0.05) is 42.8 Å². The highest BCUT2D eigenvalue weighted by Gasteiger charge is 2.12. The lowest BCUT2D eigenvalue weighted by molar-refractivity contribution is 0.532. The summed E-state index contributed by atoms with van der Waals surface area (Å²) in [7, 11) is 0. The Morgan fingerprint density at radius 1 is 1.16 bits per heavy atom. The van der Waals surface area contributed by atoms with E-state index in [1.165, 1.54) is 11.1 Å². The Kier molecular flexibility index (Phi) is 3.97. The molecule has 0 saturated heterocycles. The van der Waals surface area contributed by atoms with Gasteiger partial charge in [-0.05, 0) is 49.6 Å². The normalized spacial score (nSPS) is 13.3. The highest BCUT2D eigenvalue weighted by atomic mass is 15.3. The van der Waals surface area contributed by atoms with Crippen molar-refractivity contribution in [2.45, 2.75) is 39.9 Å². The zero-order valence-corrected chi connectivity index (χ0v) is 14.7. The molecule has 1 aliphatic heterocycles. The second-order valence-corrected chi connectivity index (χ2v) is 6.74. The van der Waals surface area contributed by atoms with E-state index < -0.39 is 0 Å². The largest absolute Gasteiger partial charge is 0.324 e. The summed E-state index contributed by atoms with van der Waals surface area (Å²) in [4.78, 5) is 9.14. The van der Waals surface area contributed by atoms with Crippen molar-refractivity contribution in [2.24, 2.45) is 0 Å². The van der Waals surface area contributed by atoms with Crippen molar-refractivity contribution in [1.29, 1.82) is 0 Å². The SMILES string of the molecule is Cc1cnc(Nc2ccc3c(c2)CNC3)nc1-c1cnn(C(C)C)c1. The lowest BCUT2D eigenvalue weighted by atomic mass is 10.1. The van der Waals surface area contributed by atoms with Crippen molar-refractivity contribution in [1.82, 2.24) is 25.1 Å². The average molecular weight is 334 g/mol. The van der Waals surface area contributed by atoms with E-state index in [1.54, 1.807) is 0 Å². The molecule has 0 radical (unpaired) electrons. The minimum atomic E-state index is 0.327. The maximum absolute atomic E-state index is 4.71. The molecule has 128 valence electrons. The van der Waals surface area contributed by atoms with E-state index in [0.717, 1.165) is 35.6 Å². The summed E-state index contributed by atoms with van der Waals surface area (Å²) >= 11 is 0. The summed E-state index contributed by atoms with van der Waals surface area (Å²) in [5, 5.41) is 11.1. The second kappa shape index (κ2) is 6.29. The van der Waals surface area contributed by atoms with Crippen LogP contribution in [0.2, 0.25) is 0 Å². The van der Waals surface area contributed by atoms with Crippen LogP contribution in [-0.4, -0.2) is 19.7 Å². The molecular formula is C19H22N6. The Bertz CT molecular complexity index is 912. The first-order valence-electron chi connectivity index (χ1n) is 8.58. The number of aryl methyl sites for hydroxylation is 1. The number of rotatable bonds is 4. The third-order valence-corrected chi connectivity index (χ3v) is 4.47. The molecule has 6 heteroatoms. The highest BCUT2D eigenvalue weighted by molar-refractivity contribution is 5.64. The Hall–Kier alpha value is -2.73. The first-order valence-corrected chi connectivity index (χ1v) is 8.58. The van der Waals surface area contributed by atoms with Gasteiger partial charge in [-0.2, -0.15) is 5.10 Å². The van der Waals surface area contributed by atoms with Gasteiger partial charge in [-0.1, -0.05) is 6.07 Å². The molecule has 1 aromatic carbocycles. The Labute approximate surface area is 147 Å². The van der Waals surface area contributed by atoms with Gasteiger partial charge in [0.15, 0.2) is 0 Å². The zero-order chi connectivity index (χ0) is 17.4. The van der Waals surface area contributed by atoms with E-state index in [1.807, 2.05) is 30.2 Å². The fraction of sp³-hybridized carbons (Fsp3) is 0.316. The van der Waals surface area contributed by atoms with Crippen LogP contribution in [0.4, 0.5) is 11.6 Å². The molecule has 2 N–H and O–H groups in total. The number of benzene rings is 1. The summed E-state index contributed by atoms with van der Waals surface area (Å²) in [6.45, 7) is 8.10. The molecule has 0 atom stereocenters. The van der Waals surface area contributed by atoms with Crippen molar-refractivity contribution in [2.75, 3.05) is 5.32 Å². The molecule has 0 amide bonds.